The molecule has 0 bridgehead atoms. The van der Waals surface area contributed by atoms with Gasteiger partial charge in [0, 0.05) is 30.6 Å². The van der Waals surface area contributed by atoms with Crippen LogP contribution in [0.4, 0.5) is 0 Å². The van der Waals surface area contributed by atoms with Crippen LogP contribution < -0.4 is 10.1 Å². The van der Waals surface area contributed by atoms with Crippen molar-refractivity contribution in [3.05, 3.63) is 35.3 Å². The fraction of sp³-hybridized carbons (Fsp3) is 0.500. The van der Waals surface area contributed by atoms with Crippen LogP contribution in [0.15, 0.2) is 34.6 Å². The van der Waals surface area contributed by atoms with Crippen LogP contribution in [-0.2, 0) is 16.4 Å². The highest BCUT2D eigenvalue weighted by Gasteiger charge is 2.40. The number of benzene rings is 1. The molecule has 0 aliphatic carbocycles. The fourth-order valence-electron chi connectivity index (χ4n) is 3.15. The third-order valence-electron chi connectivity index (χ3n) is 4.96. The number of aromatic nitrogens is 1. The quantitative estimate of drug-likeness (QED) is 0.341. The van der Waals surface area contributed by atoms with E-state index in [-0.39, 0.29) is 29.7 Å². The van der Waals surface area contributed by atoms with Crippen molar-refractivity contribution >= 4 is 51.1 Å². The molecular weight excluding hydrogens is 535 g/mol. The molecule has 1 fully saturated rings. The van der Waals surface area contributed by atoms with E-state index in [0.717, 1.165) is 34.5 Å². The number of rotatable bonds is 5. The Morgan fingerprint density at radius 2 is 2.03 bits per heavy atom. The summed E-state index contributed by atoms with van der Waals surface area (Å²) in [4.78, 5) is 11.4. The number of nitrogens with zero attached hydrogens (tertiary/aromatic N) is 3. The van der Waals surface area contributed by atoms with Crippen LogP contribution in [0.3, 0.4) is 0 Å². The van der Waals surface area contributed by atoms with E-state index in [1.165, 1.54) is 0 Å². The molecule has 1 aliphatic rings. The van der Waals surface area contributed by atoms with Gasteiger partial charge in [0.05, 0.1) is 29.8 Å². The second-order valence-corrected chi connectivity index (χ2v) is 11.1. The van der Waals surface area contributed by atoms with E-state index in [1.807, 2.05) is 41.5 Å². The SMILES string of the molecule is CCNC(=NCc1csc(-c2ccc(OC)cc2)n1)N1CCS(=O)(=O)C(C)(C)C1.I. The molecule has 1 aromatic heterocycles. The Balaban J connectivity index is 0.00000320. The molecule has 166 valence electrons. The first kappa shape index (κ1) is 24.9. The highest BCUT2D eigenvalue weighted by Crippen LogP contribution is 2.26. The zero-order valence-corrected chi connectivity index (χ0v) is 21.7. The molecule has 2 aromatic rings. The predicted molar refractivity (Wildman–Crippen MR) is 134 cm³/mol. The summed E-state index contributed by atoms with van der Waals surface area (Å²) < 4.78 is 29.0. The topological polar surface area (TPSA) is 83.9 Å². The van der Waals surface area contributed by atoms with Crippen LogP contribution in [0.1, 0.15) is 26.5 Å². The van der Waals surface area contributed by atoms with Crippen molar-refractivity contribution in [1.29, 1.82) is 0 Å². The summed E-state index contributed by atoms with van der Waals surface area (Å²) in [6.07, 6.45) is 0. The van der Waals surface area contributed by atoms with Gasteiger partial charge in [0.25, 0.3) is 0 Å². The van der Waals surface area contributed by atoms with Crippen molar-refractivity contribution in [3.8, 4) is 16.3 Å². The zero-order valence-electron chi connectivity index (χ0n) is 17.7. The van der Waals surface area contributed by atoms with Crippen molar-refractivity contribution < 1.29 is 13.2 Å². The van der Waals surface area contributed by atoms with E-state index in [0.29, 0.717) is 19.6 Å². The number of halogens is 1. The van der Waals surface area contributed by atoms with Gasteiger partial charge in [-0.15, -0.1) is 35.3 Å². The van der Waals surface area contributed by atoms with Gasteiger partial charge in [0.1, 0.15) is 10.8 Å². The van der Waals surface area contributed by atoms with Crippen molar-refractivity contribution in [2.75, 3.05) is 32.5 Å². The lowest BCUT2D eigenvalue weighted by Gasteiger charge is -2.39. The summed E-state index contributed by atoms with van der Waals surface area (Å²) in [5.74, 6) is 1.69. The van der Waals surface area contributed by atoms with Crippen molar-refractivity contribution in [2.24, 2.45) is 4.99 Å². The summed E-state index contributed by atoms with van der Waals surface area (Å²) in [6.45, 7) is 7.60. The number of methoxy groups -OCH3 is 1. The van der Waals surface area contributed by atoms with Gasteiger partial charge < -0.3 is 15.0 Å². The molecule has 7 nitrogen and oxygen atoms in total. The number of nitrogens with one attached hydrogen (secondary N) is 1. The molecule has 0 spiro atoms. The minimum absolute atomic E-state index is 0. The maximum absolute atomic E-state index is 12.3. The second kappa shape index (κ2) is 10.3. The van der Waals surface area contributed by atoms with Gasteiger partial charge >= 0.3 is 0 Å². The van der Waals surface area contributed by atoms with Gasteiger partial charge in [-0.2, -0.15) is 0 Å². The average molecular weight is 565 g/mol. The molecule has 1 saturated heterocycles. The van der Waals surface area contributed by atoms with E-state index >= 15 is 0 Å². The molecular formula is C20H29IN4O3S2. The molecule has 1 N–H and O–H groups in total. The van der Waals surface area contributed by atoms with E-state index in [2.05, 4.69) is 5.32 Å². The molecule has 0 unspecified atom stereocenters. The Hall–Kier alpha value is -1.40. The van der Waals surface area contributed by atoms with Gasteiger partial charge in [-0.25, -0.2) is 18.4 Å². The molecule has 0 amide bonds. The number of guanidine groups is 1. The highest BCUT2D eigenvalue weighted by atomic mass is 127. The Morgan fingerprint density at radius 1 is 1.33 bits per heavy atom. The summed E-state index contributed by atoms with van der Waals surface area (Å²) in [5, 5.41) is 6.23. The second-order valence-electron chi connectivity index (χ2n) is 7.54. The minimum atomic E-state index is -3.09. The van der Waals surface area contributed by atoms with E-state index in [4.69, 9.17) is 14.7 Å². The Bertz CT molecular complexity index is 972. The maximum Gasteiger partial charge on any atom is 0.194 e. The smallest absolute Gasteiger partial charge is 0.194 e. The fourth-order valence-corrected chi connectivity index (χ4v) is 5.33. The third-order valence-corrected chi connectivity index (χ3v) is 8.43. The number of hydrogen-bond donors (Lipinski definition) is 1. The summed E-state index contributed by atoms with van der Waals surface area (Å²) in [7, 11) is -1.44. The first-order valence-corrected chi connectivity index (χ1v) is 12.1. The number of thiazole rings is 1. The van der Waals surface area contributed by atoms with Crippen molar-refractivity contribution in [2.45, 2.75) is 32.1 Å². The van der Waals surface area contributed by atoms with Gasteiger partial charge in [-0.05, 0) is 45.0 Å². The van der Waals surface area contributed by atoms with Gasteiger partial charge in [0.2, 0.25) is 0 Å². The highest BCUT2D eigenvalue weighted by molar-refractivity contribution is 14.0. The standard InChI is InChI=1S/C20H28N4O3S2.HI/c1-5-21-19(24-10-11-29(25,26)20(2,3)14-24)22-12-16-13-28-18(23-16)15-6-8-17(27-4)9-7-15;/h6-9,13H,5,10-12,14H2,1-4H3,(H,21,22);1H. The van der Waals surface area contributed by atoms with E-state index in [9.17, 15) is 8.42 Å². The lowest BCUT2D eigenvalue weighted by atomic mass is 10.2. The average Bonchev–Trinajstić information content (AvgIpc) is 3.16. The summed E-state index contributed by atoms with van der Waals surface area (Å²) in [5.41, 5.74) is 1.93. The van der Waals surface area contributed by atoms with Gasteiger partial charge in [0.15, 0.2) is 15.8 Å². The normalized spacial score (nSPS) is 17.9. The van der Waals surface area contributed by atoms with Crippen LogP contribution in [0.5, 0.6) is 5.75 Å². The van der Waals surface area contributed by atoms with Crippen LogP contribution in [-0.4, -0.2) is 61.5 Å². The third kappa shape index (κ3) is 5.64. The first-order chi connectivity index (χ1) is 13.8. The largest absolute Gasteiger partial charge is 0.497 e. The Kier molecular flexibility index (Phi) is 8.51. The number of aliphatic imine (C=N–C) groups is 1. The molecule has 0 radical (unpaired) electrons. The van der Waals surface area contributed by atoms with Crippen LogP contribution in [0, 0.1) is 0 Å². The number of hydrogen-bond acceptors (Lipinski definition) is 6. The summed E-state index contributed by atoms with van der Waals surface area (Å²) >= 11 is 1.58. The van der Waals surface area contributed by atoms with Crippen molar-refractivity contribution in [3.63, 3.8) is 0 Å². The van der Waals surface area contributed by atoms with Gasteiger partial charge in [-0.3, -0.25) is 0 Å². The predicted octanol–water partition coefficient (Wildman–Crippen LogP) is 3.41. The molecule has 1 aliphatic heterocycles. The maximum atomic E-state index is 12.3. The molecule has 0 saturated carbocycles. The molecule has 30 heavy (non-hydrogen) atoms. The molecule has 3 rings (SSSR count). The monoisotopic (exact) mass is 564 g/mol. The number of ether oxygens (including phenoxy) is 1. The van der Waals surface area contributed by atoms with Crippen LogP contribution in [0.25, 0.3) is 10.6 Å². The lowest BCUT2D eigenvalue weighted by Crippen LogP contribution is -2.57. The summed E-state index contributed by atoms with van der Waals surface area (Å²) in [6, 6.07) is 7.82. The lowest BCUT2D eigenvalue weighted by molar-refractivity contribution is 0.353. The molecule has 1 aromatic carbocycles. The van der Waals surface area contributed by atoms with Gasteiger partial charge in [-0.1, -0.05) is 0 Å². The minimum Gasteiger partial charge on any atom is -0.497 e. The Morgan fingerprint density at radius 3 is 2.63 bits per heavy atom. The zero-order chi connectivity index (χ0) is 21.1. The van der Waals surface area contributed by atoms with Crippen LogP contribution in [0.2, 0.25) is 0 Å². The van der Waals surface area contributed by atoms with E-state index < -0.39 is 14.6 Å². The number of sulfone groups is 1. The van der Waals surface area contributed by atoms with Crippen LogP contribution >= 0.6 is 35.3 Å². The Labute approximate surface area is 199 Å². The molecule has 0 atom stereocenters. The molecule has 10 heteroatoms. The first-order valence-electron chi connectivity index (χ1n) is 9.60. The van der Waals surface area contributed by atoms with E-state index in [1.54, 1.807) is 32.3 Å². The van der Waals surface area contributed by atoms with Crippen molar-refractivity contribution in [1.82, 2.24) is 15.2 Å². The molecule has 2 heterocycles.